The molecule has 1 unspecified atom stereocenters. The summed E-state index contributed by atoms with van der Waals surface area (Å²) in [6.07, 6.45) is 6.02. The molecule has 0 saturated carbocycles. The Morgan fingerprint density at radius 1 is 1.50 bits per heavy atom. The molecule has 1 amide bonds. The van der Waals surface area contributed by atoms with Crippen molar-refractivity contribution in [3.8, 4) is 0 Å². The molecule has 1 heterocycles. The van der Waals surface area contributed by atoms with Crippen molar-refractivity contribution in [2.75, 3.05) is 0 Å². The molecule has 1 atom stereocenters. The van der Waals surface area contributed by atoms with Gasteiger partial charge in [0, 0.05) is 12.4 Å². The maximum Gasteiger partial charge on any atom is 0.413 e. The van der Waals surface area contributed by atoms with E-state index in [0.29, 0.717) is 11.8 Å². The number of nitrogens with one attached hydrogen (secondary N) is 1. The highest BCUT2D eigenvalue weighted by Crippen LogP contribution is 2.23. The molecule has 0 bridgehead atoms. The second kappa shape index (κ2) is 8.81. The molecular formula is C19H31N3O2. The van der Waals surface area contributed by atoms with Crippen LogP contribution in [0.1, 0.15) is 67.7 Å². The van der Waals surface area contributed by atoms with E-state index in [0.717, 1.165) is 36.1 Å². The molecule has 0 aromatic rings. The molecule has 0 aromatic heterocycles. The minimum atomic E-state index is -0.562. The first kappa shape index (κ1) is 20.1. The number of allylic oxidation sites excluding steroid dienone is 2. The van der Waals surface area contributed by atoms with Crippen molar-refractivity contribution in [1.82, 2.24) is 5.32 Å². The molecule has 1 aliphatic rings. The minimum absolute atomic E-state index is 0.393. The van der Waals surface area contributed by atoms with Crippen molar-refractivity contribution in [3.05, 3.63) is 23.0 Å². The second-order valence-corrected chi connectivity index (χ2v) is 7.26. The molecule has 0 aliphatic carbocycles. The number of nitrogens with zero attached hydrogens (tertiary/aromatic N) is 2. The lowest BCUT2D eigenvalue weighted by Crippen LogP contribution is -2.37. The quantitative estimate of drug-likeness (QED) is 0.583. The number of carbonyl (C=O) groups is 1. The third kappa shape index (κ3) is 6.69. The first-order chi connectivity index (χ1) is 11.1. The van der Waals surface area contributed by atoms with Crippen LogP contribution in [0.3, 0.4) is 0 Å². The zero-order valence-corrected chi connectivity index (χ0v) is 16.1. The van der Waals surface area contributed by atoms with Gasteiger partial charge in [0.25, 0.3) is 0 Å². The van der Waals surface area contributed by atoms with Crippen LogP contribution in [0.15, 0.2) is 33.0 Å². The van der Waals surface area contributed by atoms with E-state index >= 15 is 0 Å². The third-order valence-corrected chi connectivity index (χ3v) is 3.88. The van der Waals surface area contributed by atoms with Gasteiger partial charge in [0.1, 0.15) is 11.3 Å². The fraction of sp³-hybridized carbons (Fsp3) is 0.632. The lowest BCUT2D eigenvalue weighted by molar-refractivity contribution is 0.0563. The SMILES string of the molecule is CC/C(C)=C\N=C(NC(=O)OC(C)(C)C)C1=C(C)C(C)CCC=N1. The van der Waals surface area contributed by atoms with E-state index in [1.54, 1.807) is 6.20 Å². The monoisotopic (exact) mass is 333 g/mol. The van der Waals surface area contributed by atoms with Crippen molar-refractivity contribution in [3.63, 3.8) is 0 Å². The first-order valence-electron chi connectivity index (χ1n) is 8.61. The van der Waals surface area contributed by atoms with E-state index in [2.05, 4.69) is 29.1 Å². The fourth-order valence-corrected chi connectivity index (χ4v) is 2.10. The summed E-state index contributed by atoms with van der Waals surface area (Å²) in [7, 11) is 0. The standard InChI is InChI=1S/C19H31N3O2/c1-8-13(2)12-21-17(22-18(23)24-19(5,6)7)16-15(4)14(3)10-9-11-20-16/h11-12,14H,8-10H2,1-7H3,(H,21,22,23)/b13-12-. The predicted molar refractivity (Wildman–Crippen MR) is 100 cm³/mol. The van der Waals surface area contributed by atoms with Gasteiger partial charge < -0.3 is 4.74 Å². The van der Waals surface area contributed by atoms with Crippen molar-refractivity contribution >= 4 is 18.1 Å². The lowest BCUT2D eigenvalue weighted by atomic mass is 9.96. The highest BCUT2D eigenvalue weighted by molar-refractivity contribution is 6.07. The van der Waals surface area contributed by atoms with E-state index in [9.17, 15) is 4.79 Å². The maximum absolute atomic E-state index is 12.2. The van der Waals surface area contributed by atoms with Gasteiger partial charge in [-0.15, -0.1) is 0 Å². The summed E-state index contributed by atoms with van der Waals surface area (Å²) in [4.78, 5) is 21.2. The summed E-state index contributed by atoms with van der Waals surface area (Å²) < 4.78 is 5.36. The Morgan fingerprint density at radius 3 is 2.75 bits per heavy atom. The number of amides is 1. The van der Waals surface area contributed by atoms with E-state index in [1.807, 2.05) is 40.8 Å². The Bertz CT molecular complexity index is 578. The highest BCUT2D eigenvalue weighted by Gasteiger charge is 2.21. The van der Waals surface area contributed by atoms with Crippen LogP contribution in [0, 0.1) is 5.92 Å². The van der Waals surface area contributed by atoms with E-state index in [-0.39, 0.29) is 0 Å². The average Bonchev–Trinajstić information content (AvgIpc) is 2.64. The van der Waals surface area contributed by atoms with Gasteiger partial charge in [-0.2, -0.15) is 0 Å². The molecule has 0 saturated heterocycles. The number of aliphatic imine (C=N–C) groups is 2. The Hall–Kier alpha value is -1.91. The summed E-state index contributed by atoms with van der Waals surface area (Å²) in [5.41, 5.74) is 2.42. The van der Waals surface area contributed by atoms with Gasteiger partial charge in [0.05, 0.1) is 0 Å². The van der Waals surface area contributed by atoms with Crippen LogP contribution in [0.2, 0.25) is 0 Å². The Labute approximate surface area is 146 Å². The largest absolute Gasteiger partial charge is 0.444 e. The molecule has 0 spiro atoms. The lowest BCUT2D eigenvalue weighted by Gasteiger charge is -2.21. The van der Waals surface area contributed by atoms with Crippen LogP contribution in [-0.2, 0) is 4.74 Å². The van der Waals surface area contributed by atoms with Crippen molar-refractivity contribution in [2.45, 2.75) is 73.3 Å². The number of carbonyl (C=O) groups excluding carboxylic acids is 1. The molecule has 0 fully saturated rings. The van der Waals surface area contributed by atoms with E-state index in [4.69, 9.17) is 4.74 Å². The number of hydrogen-bond acceptors (Lipinski definition) is 4. The van der Waals surface area contributed by atoms with Crippen LogP contribution in [0.4, 0.5) is 4.79 Å². The summed E-state index contributed by atoms with van der Waals surface area (Å²) in [6.45, 7) is 13.8. The van der Waals surface area contributed by atoms with Gasteiger partial charge in [-0.25, -0.2) is 9.79 Å². The van der Waals surface area contributed by atoms with Crippen LogP contribution < -0.4 is 5.32 Å². The van der Waals surface area contributed by atoms with Crippen LogP contribution in [0.5, 0.6) is 0 Å². The molecular weight excluding hydrogens is 302 g/mol. The topological polar surface area (TPSA) is 63.0 Å². The molecule has 0 radical (unpaired) electrons. The van der Waals surface area contributed by atoms with Crippen molar-refractivity contribution in [1.29, 1.82) is 0 Å². The van der Waals surface area contributed by atoms with Crippen LogP contribution in [0.25, 0.3) is 0 Å². The number of ether oxygens (including phenoxy) is 1. The Kier molecular flexibility index (Phi) is 7.39. The molecule has 1 rings (SSSR count). The Morgan fingerprint density at radius 2 is 2.17 bits per heavy atom. The van der Waals surface area contributed by atoms with Gasteiger partial charge in [0.2, 0.25) is 0 Å². The highest BCUT2D eigenvalue weighted by atomic mass is 16.6. The van der Waals surface area contributed by atoms with Gasteiger partial charge in [0.15, 0.2) is 5.84 Å². The molecule has 5 nitrogen and oxygen atoms in total. The number of amidine groups is 1. The third-order valence-electron chi connectivity index (χ3n) is 3.88. The van der Waals surface area contributed by atoms with Crippen molar-refractivity contribution < 1.29 is 9.53 Å². The summed E-state index contributed by atoms with van der Waals surface area (Å²) in [5.74, 6) is 0.837. The van der Waals surface area contributed by atoms with Crippen molar-refractivity contribution in [2.24, 2.45) is 15.9 Å². The Balaban J connectivity index is 3.19. The molecule has 134 valence electrons. The van der Waals surface area contributed by atoms with Gasteiger partial charge in [-0.05, 0) is 65.4 Å². The fourth-order valence-electron chi connectivity index (χ4n) is 2.10. The van der Waals surface area contributed by atoms with Gasteiger partial charge in [-0.1, -0.05) is 19.4 Å². The number of rotatable bonds is 3. The summed E-state index contributed by atoms with van der Waals surface area (Å²) >= 11 is 0. The van der Waals surface area contributed by atoms with Crippen LogP contribution >= 0.6 is 0 Å². The summed E-state index contributed by atoms with van der Waals surface area (Å²) in [5, 5.41) is 2.77. The number of alkyl carbamates (subject to hydrolysis) is 1. The number of hydrogen-bond donors (Lipinski definition) is 1. The van der Waals surface area contributed by atoms with E-state index in [1.165, 1.54) is 0 Å². The minimum Gasteiger partial charge on any atom is -0.444 e. The normalized spacial score (nSPS) is 20.0. The zero-order valence-electron chi connectivity index (χ0n) is 16.1. The van der Waals surface area contributed by atoms with E-state index < -0.39 is 11.7 Å². The second-order valence-electron chi connectivity index (χ2n) is 7.26. The molecule has 5 heteroatoms. The smallest absolute Gasteiger partial charge is 0.413 e. The zero-order chi connectivity index (χ0) is 18.3. The molecule has 24 heavy (non-hydrogen) atoms. The first-order valence-corrected chi connectivity index (χ1v) is 8.61. The van der Waals surface area contributed by atoms with Crippen LogP contribution in [-0.4, -0.2) is 23.7 Å². The molecule has 0 aromatic carbocycles. The summed E-state index contributed by atoms with van der Waals surface area (Å²) in [6, 6.07) is 0. The predicted octanol–water partition coefficient (Wildman–Crippen LogP) is 5.00. The average molecular weight is 333 g/mol. The van der Waals surface area contributed by atoms with Gasteiger partial charge in [-0.3, -0.25) is 10.3 Å². The molecule has 1 N–H and O–H groups in total. The maximum atomic E-state index is 12.2. The molecule has 1 aliphatic heterocycles. The van der Waals surface area contributed by atoms with Gasteiger partial charge >= 0.3 is 6.09 Å².